The van der Waals surface area contributed by atoms with E-state index >= 15 is 0 Å². The van der Waals surface area contributed by atoms with Gasteiger partial charge in [0.15, 0.2) is 0 Å². The van der Waals surface area contributed by atoms with Crippen LogP contribution in [-0.2, 0) is 6.42 Å². The number of fused-ring (bicyclic) bond motifs is 1. The summed E-state index contributed by atoms with van der Waals surface area (Å²) in [6, 6.07) is 8.25. The zero-order chi connectivity index (χ0) is 12.1. The first-order valence-corrected chi connectivity index (χ1v) is 6.72. The summed E-state index contributed by atoms with van der Waals surface area (Å²) in [5.41, 5.74) is 2.37. The summed E-state index contributed by atoms with van der Waals surface area (Å²) < 4.78 is 0. The summed E-state index contributed by atoms with van der Waals surface area (Å²) >= 11 is 6.11. The van der Waals surface area contributed by atoms with Gasteiger partial charge in [0.2, 0.25) is 0 Å². The van der Waals surface area contributed by atoms with Gasteiger partial charge in [-0.15, -0.1) is 0 Å². The van der Waals surface area contributed by atoms with E-state index in [1.807, 2.05) is 6.07 Å². The van der Waals surface area contributed by atoms with Gasteiger partial charge in [0.05, 0.1) is 10.5 Å². The highest BCUT2D eigenvalue weighted by Gasteiger charge is 2.01. The Morgan fingerprint density at radius 2 is 2.00 bits per heavy atom. The summed E-state index contributed by atoms with van der Waals surface area (Å²) in [4.78, 5) is 4.36. The Hall–Kier alpha value is -1.08. The van der Waals surface area contributed by atoms with Crippen molar-refractivity contribution in [2.24, 2.45) is 0 Å². The minimum atomic E-state index is 0.785. The third-order valence-electron chi connectivity index (χ3n) is 3.07. The average Bonchev–Trinajstić information content (AvgIpc) is 2.35. The summed E-state index contributed by atoms with van der Waals surface area (Å²) in [6.07, 6.45) is 8.11. The molecule has 0 fully saturated rings. The van der Waals surface area contributed by atoms with Crippen LogP contribution in [0.4, 0.5) is 0 Å². The number of aryl methyl sites for hydroxylation is 1. The number of hydrogen-bond acceptors (Lipinski definition) is 1. The molecular weight excluding hydrogens is 230 g/mol. The molecule has 0 radical (unpaired) electrons. The van der Waals surface area contributed by atoms with E-state index in [1.165, 1.54) is 31.2 Å². The van der Waals surface area contributed by atoms with Crippen LogP contribution in [0.5, 0.6) is 0 Å². The number of halogens is 1. The smallest absolute Gasteiger partial charge is 0.0719 e. The maximum atomic E-state index is 6.11. The number of pyridine rings is 1. The molecule has 0 aliphatic rings. The highest BCUT2D eigenvalue weighted by atomic mass is 35.5. The van der Waals surface area contributed by atoms with Crippen LogP contribution in [0.2, 0.25) is 5.02 Å². The van der Waals surface area contributed by atoms with E-state index < -0.39 is 0 Å². The van der Waals surface area contributed by atoms with Gasteiger partial charge in [-0.25, -0.2) is 0 Å². The first kappa shape index (κ1) is 12.4. The molecule has 1 nitrogen and oxygen atoms in total. The van der Waals surface area contributed by atoms with Crippen LogP contribution in [-0.4, -0.2) is 4.98 Å². The largest absolute Gasteiger partial charge is 0.256 e. The normalized spacial score (nSPS) is 10.9. The van der Waals surface area contributed by atoms with Crippen LogP contribution in [0.3, 0.4) is 0 Å². The molecule has 2 aromatic rings. The maximum absolute atomic E-state index is 6.11. The molecule has 17 heavy (non-hydrogen) atoms. The molecule has 0 N–H and O–H groups in total. The second-order valence-corrected chi connectivity index (χ2v) is 4.86. The molecule has 1 heterocycles. The Morgan fingerprint density at radius 3 is 2.82 bits per heavy atom. The van der Waals surface area contributed by atoms with Crippen LogP contribution >= 0.6 is 11.6 Å². The topological polar surface area (TPSA) is 12.9 Å². The van der Waals surface area contributed by atoms with E-state index in [2.05, 4.69) is 30.1 Å². The van der Waals surface area contributed by atoms with Crippen LogP contribution in [0, 0.1) is 0 Å². The fourth-order valence-corrected chi connectivity index (χ4v) is 2.29. The van der Waals surface area contributed by atoms with Gasteiger partial charge < -0.3 is 0 Å². The van der Waals surface area contributed by atoms with E-state index in [0.29, 0.717) is 0 Å². The SMILES string of the molecule is CCCCCCc1ccc2c(Cl)ccnc2c1. The lowest BCUT2D eigenvalue weighted by atomic mass is 10.0. The summed E-state index contributed by atoms with van der Waals surface area (Å²) in [5, 5.41) is 1.83. The zero-order valence-electron chi connectivity index (χ0n) is 10.2. The van der Waals surface area contributed by atoms with E-state index in [0.717, 1.165) is 22.3 Å². The van der Waals surface area contributed by atoms with Crippen molar-refractivity contribution in [1.29, 1.82) is 0 Å². The van der Waals surface area contributed by atoms with Crippen LogP contribution in [0.1, 0.15) is 38.2 Å². The number of nitrogens with zero attached hydrogens (tertiary/aromatic N) is 1. The molecule has 1 aromatic heterocycles. The van der Waals surface area contributed by atoms with E-state index in [9.17, 15) is 0 Å². The van der Waals surface area contributed by atoms with Crippen LogP contribution < -0.4 is 0 Å². The molecule has 0 saturated carbocycles. The Morgan fingerprint density at radius 1 is 1.12 bits per heavy atom. The zero-order valence-corrected chi connectivity index (χ0v) is 11.0. The number of unbranched alkanes of at least 4 members (excludes halogenated alkanes) is 3. The Balaban J connectivity index is 2.10. The Kier molecular flexibility index (Phi) is 4.38. The Bertz CT molecular complexity index is 493. The molecule has 2 heteroatoms. The third-order valence-corrected chi connectivity index (χ3v) is 3.40. The lowest BCUT2D eigenvalue weighted by Crippen LogP contribution is -1.87. The second-order valence-electron chi connectivity index (χ2n) is 4.45. The minimum Gasteiger partial charge on any atom is -0.256 e. The van der Waals surface area contributed by atoms with Crippen molar-refractivity contribution in [3.8, 4) is 0 Å². The minimum absolute atomic E-state index is 0.785. The van der Waals surface area contributed by atoms with Crippen molar-refractivity contribution in [2.45, 2.75) is 39.0 Å². The van der Waals surface area contributed by atoms with Gasteiger partial charge in [0, 0.05) is 11.6 Å². The van der Waals surface area contributed by atoms with Crippen molar-refractivity contribution in [3.05, 3.63) is 41.0 Å². The molecule has 90 valence electrons. The summed E-state index contributed by atoms with van der Waals surface area (Å²) in [5.74, 6) is 0. The van der Waals surface area contributed by atoms with Crippen molar-refractivity contribution >= 4 is 22.5 Å². The average molecular weight is 248 g/mol. The van der Waals surface area contributed by atoms with Gasteiger partial charge in [-0.3, -0.25) is 4.98 Å². The predicted octanol–water partition coefficient (Wildman–Crippen LogP) is 5.01. The van der Waals surface area contributed by atoms with Crippen molar-refractivity contribution in [2.75, 3.05) is 0 Å². The van der Waals surface area contributed by atoms with Gasteiger partial charge in [-0.1, -0.05) is 49.9 Å². The van der Waals surface area contributed by atoms with Crippen molar-refractivity contribution < 1.29 is 0 Å². The molecule has 0 bridgehead atoms. The van der Waals surface area contributed by atoms with E-state index in [1.54, 1.807) is 6.20 Å². The second kappa shape index (κ2) is 6.02. The van der Waals surface area contributed by atoms with Gasteiger partial charge in [-0.05, 0) is 30.5 Å². The fourth-order valence-electron chi connectivity index (χ4n) is 2.07. The van der Waals surface area contributed by atoms with Gasteiger partial charge in [0.25, 0.3) is 0 Å². The molecule has 1 aromatic carbocycles. The fraction of sp³-hybridized carbons (Fsp3) is 0.400. The molecular formula is C15H18ClN. The molecule has 0 aliphatic carbocycles. The standard InChI is InChI=1S/C15H18ClN/c1-2-3-4-5-6-12-7-8-13-14(16)9-10-17-15(13)11-12/h7-11H,2-6H2,1H3. The third kappa shape index (κ3) is 3.19. The van der Waals surface area contributed by atoms with Crippen LogP contribution in [0.15, 0.2) is 30.5 Å². The molecule has 2 rings (SSSR count). The molecule has 0 aliphatic heterocycles. The van der Waals surface area contributed by atoms with Gasteiger partial charge in [0.1, 0.15) is 0 Å². The molecule has 0 unspecified atom stereocenters. The Labute approximate surface area is 108 Å². The molecule has 0 saturated heterocycles. The summed E-state index contributed by atoms with van der Waals surface area (Å²) in [7, 11) is 0. The number of rotatable bonds is 5. The first-order chi connectivity index (χ1) is 8.31. The van der Waals surface area contributed by atoms with Crippen molar-refractivity contribution in [3.63, 3.8) is 0 Å². The van der Waals surface area contributed by atoms with E-state index in [4.69, 9.17) is 11.6 Å². The predicted molar refractivity (Wildman–Crippen MR) is 74.6 cm³/mol. The maximum Gasteiger partial charge on any atom is 0.0719 e. The highest BCUT2D eigenvalue weighted by molar-refractivity contribution is 6.35. The molecule has 0 atom stereocenters. The van der Waals surface area contributed by atoms with Gasteiger partial charge in [-0.2, -0.15) is 0 Å². The number of hydrogen-bond donors (Lipinski definition) is 0. The van der Waals surface area contributed by atoms with Crippen LogP contribution in [0.25, 0.3) is 10.9 Å². The quantitative estimate of drug-likeness (QED) is 0.677. The highest BCUT2D eigenvalue weighted by Crippen LogP contribution is 2.22. The van der Waals surface area contributed by atoms with E-state index in [-0.39, 0.29) is 0 Å². The molecule has 0 spiro atoms. The first-order valence-electron chi connectivity index (χ1n) is 6.34. The molecule has 0 amide bonds. The van der Waals surface area contributed by atoms with Crippen molar-refractivity contribution in [1.82, 2.24) is 4.98 Å². The summed E-state index contributed by atoms with van der Waals surface area (Å²) in [6.45, 7) is 2.24. The monoisotopic (exact) mass is 247 g/mol. The lowest BCUT2D eigenvalue weighted by molar-refractivity contribution is 0.667. The van der Waals surface area contributed by atoms with Gasteiger partial charge >= 0.3 is 0 Å². The number of benzene rings is 1. The number of aromatic nitrogens is 1. The lowest BCUT2D eigenvalue weighted by Gasteiger charge is -2.04.